The first-order chi connectivity index (χ1) is 21.9. The quantitative estimate of drug-likeness (QED) is 0.212. The normalized spacial score (nSPS) is 14.9. The molecule has 0 aromatic heterocycles. The van der Waals surface area contributed by atoms with Crippen molar-refractivity contribution in [3.8, 4) is 0 Å². The minimum atomic E-state index is -1.26. The van der Waals surface area contributed by atoms with E-state index in [0.29, 0.717) is 34.3 Å². The van der Waals surface area contributed by atoms with Gasteiger partial charge in [0.15, 0.2) is 0 Å². The molecule has 1 saturated heterocycles. The number of hydrogen-bond donors (Lipinski definition) is 3. The maximum atomic E-state index is 13.1. The number of carboxylic acids is 2. The number of nitrogens with zero attached hydrogens (tertiary/aromatic N) is 2. The number of halogens is 2. The Balaban J connectivity index is 0.000000637. The summed E-state index contributed by atoms with van der Waals surface area (Å²) in [6.07, 6.45) is 3.67. The van der Waals surface area contributed by atoms with Gasteiger partial charge in [0.2, 0.25) is 5.91 Å². The van der Waals surface area contributed by atoms with Crippen LogP contribution in [0.2, 0.25) is 10.0 Å². The van der Waals surface area contributed by atoms with Gasteiger partial charge >= 0.3 is 11.9 Å². The second-order valence-corrected chi connectivity index (χ2v) is 12.0. The van der Waals surface area contributed by atoms with Crippen molar-refractivity contribution in [2.75, 3.05) is 33.2 Å². The summed E-state index contributed by atoms with van der Waals surface area (Å²) in [5.41, 5.74) is 2.56. The molecule has 3 N–H and O–H groups in total. The Morgan fingerprint density at radius 2 is 1.46 bits per heavy atom. The minimum absolute atomic E-state index is 0.00316. The van der Waals surface area contributed by atoms with E-state index >= 15 is 0 Å². The SMILES string of the molecule is CC(=O)NC1(c2ccccc2)CCN(CC[C@H](CN(C)C(=O)c2ccccc2)c2ccc(Cl)c(Cl)c2)CC1.O=C(O)/C=C/C(=O)O. The van der Waals surface area contributed by atoms with Crippen molar-refractivity contribution in [2.24, 2.45) is 0 Å². The van der Waals surface area contributed by atoms with Gasteiger partial charge in [-0.1, -0.05) is 77.8 Å². The topological polar surface area (TPSA) is 127 Å². The molecular formula is C35H39Cl2N3O6. The Hall–Kier alpha value is -4.18. The molecule has 1 aliphatic heterocycles. The fourth-order valence-corrected chi connectivity index (χ4v) is 5.87. The minimum Gasteiger partial charge on any atom is -0.478 e. The molecule has 0 bridgehead atoms. The van der Waals surface area contributed by atoms with E-state index in [-0.39, 0.29) is 23.3 Å². The van der Waals surface area contributed by atoms with Crippen molar-refractivity contribution in [1.82, 2.24) is 15.1 Å². The van der Waals surface area contributed by atoms with Crippen LogP contribution in [0, 0.1) is 0 Å². The fraction of sp³-hybridized carbons (Fsp3) is 0.314. The van der Waals surface area contributed by atoms with Gasteiger partial charge in [0, 0.05) is 57.2 Å². The number of rotatable bonds is 11. The fourth-order valence-electron chi connectivity index (χ4n) is 5.56. The smallest absolute Gasteiger partial charge is 0.328 e. The highest BCUT2D eigenvalue weighted by Gasteiger charge is 2.37. The molecule has 0 unspecified atom stereocenters. The molecule has 11 heteroatoms. The van der Waals surface area contributed by atoms with Crippen LogP contribution < -0.4 is 5.32 Å². The first-order valence-corrected chi connectivity index (χ1v) is 15.6. The van der Waals surface area contributed by atoms with Crippen molar-refractivity contribution in [3.63, 3.8) is 0 Å². The lowest BCUT2D eigenvalue weighted by Gasteiger charge is -2.43. The van der Waals surface area contributed by atoms with E-state index in [1.807, 2.05) is 73.8 Å². The highest BCUT2D eigenvalue weighted by Crippen LogP contribution is 2.34. The molecule has 0 aliphatic carbocycles. The van der Waals surface area contributed by atoms with E-state index < -0.39 is 11.9 Å². The Morgan fingerprint density at radius 1 is 0.891 bits per heavy atom. The highest BCUT2D eigenvalue weighted by molar-refractivity contribution is 6.42. The van der Waals surface area contributed by atoms with Gasteiger partial charge in [-0.2, -0.15) is 0 Å². The van der Waals surface area contributed by atoms with E-state index in [9.17, 15) is 19.2 Å². The Bertz CT molecular complexity index is 1490. The average molecular weight is 669 g/mol. The van der Waals surface area contributed by atoms with Crippen LogP contribution in [0.4, 0.5) is 0 Å². The van der Waals surface area contributed by atoms with E-state index in [1.165, 1.54) is 0 Å². The summed E-state index contributed by atoms with van der Waals surface area (Å²) in [7, 11) is 1.85. The summed E-state index contributed by atoms with van der Waals surface area (Å²) in [5.74, 6) is -2.43. The third-order valence-electron chi connectivity index (χ3n) is 7.89. The summed E-state index contributed by atoms with van der Waals surface area (Å²) in [4.78, 5) is 48.5. The largest absolute Gasteiger partial charge is 0.478 e. The molecular weight excluding hydrogens is 629 g/mol. The Kier molecular flexibility index (Phi) is 13.8. The van der Waals surface area contributed by atoms with Crippen LogP contribution in [0.3, 0.4) is 0 Å². The molecule has 1 atom stereocenters. The number of carboxylic acid groups (broad SMARTS) is 2. The lowest BCUT2D eigenvalue weighted by atomic mass is 9.80. The molecule has 4 rings (SSSR count). The van der Waals surface area contributed by atoms with Crippen LogP contribution >= 0.6 is 23.2 Å². The zero-order valence-corrected chi connectivity index (χ0v) is 27.4. The van der Waals surface area contributed by atoms with Gasteiger partial charge in [-0.3, -0.25) is 9.59 Å². The van der Waals surface area contributed by atoms with E-state index in [4.69, 9.17) is 33.4 Å². The highest BCUT2D eigenvalue weighted by atomic mass is 35.5. The van der Waals surface area contributed by atoms with Crippen LogP contribution in [0.25, 0.3) is 0 Å². The number of hydrogen-bond acceptors (Lipinski definition) is 5. The molecule has 1 heterocycles. The lowest BCUT2D eigenvalue weighted by molar-refractivity contribution is -0.134. The van der Waals surface area contributed by atoms with Crippen LogP contribution in [0.1, 0.15) is 53.6 Å². The molecule has 1 aliphatic rings. The predicted molar refractivity (Wildman–Crippen MR) is 179 cm³/mol. The van der Waals surface area contributed by atoms with Crippen LogP contribution in [-0.2, 0) is 19.9 Å². The maximum Gasteiger partial charge on any atom is 0.328 e. The van der Waals surface area contributed by atoms with Gasteiger partial charge in [-0.25, -0.2) is 9.59 Å². The molecule has 3 aromatic carbocycles. The van der Waals surface area contributed by atoms with E-state index in [2.05, 4.69) is 22.3 Å². The number of benzene rings is 3. The monoisotopic (exact) mass is 667 g/mol. The zero-order valence-electron chi connectivity index (χ0n) is 25.9. The third-order valence-corrected chi connectivity index (χ3v) is 8.63. The van der Waals surface area contributed by atoms with E-state index in [0.717, 1.165) is 50.0 Å². The Morgan fingerprint density at radius 3 is 1.98 bits per heavy atom. The molecule has 9 nitrogen and oxygen atoms in total. The van der Waals surface area contributed by atoms with Crippen molar-refractivity contribution < 1.29 is 29.4 Å². The number of piperidine rings is 1. The van der Waals surface area contributed by atoms with Gasteiger partial charge in [-0.15, -0.1) is 0 Å². The zero-order chi connectivity index (χ0) is 33.7. The Labute approximate surface area is 279 Å². The number of aliphatic carboxylic acids is 2. The molecule has 2 amide bonds. The number of likely N-dealkylation sites (N-methyl/N-ethyl adjacent to an activating group) is 1. The van der Waals surface area contributed by atoms with Gasteiger partial charge in [-0.05, 0) is 61.2 Å². The van der Waals surface area contributed by atoms with Gasteiger partial charge in [0.1, 0.15) is 0 Å². The average Bonchev–Trinajstić information content (AvgIpc) is 3.04. The molecule has 0 radical (unpaired) electrons. The van der Waals surface area contributed by atoms with Gasteiger partial charge < -0.3 is 25.3 Å². The number of nitrogens with one attached hydrogen (secondary N) is 1. The lowest BCUT2D eigenvalue weighted by Crippen LogP contribution is -2.52. The predicted octanol–water partition coefficient (Wildman–Crippen LogP) is 6.08. The summed E-state index contributed by atoms with van der Waals surface area (Å²) >= 11 is 12.6. The third kappa shape index (κ3) is 11.0. The number of likely N-dealkylation sites (tertiary alicyclic amines) is 1. The maximum absolute atomic E-state index is 13.1. The molecule has 1 fully saturated rings. The first-order valence-electron chi connectivity index (χ1n) is 14.9. The number of carbonyl (C=O) groups excluding carboxylic acids is 2. The van der Waals surface area contributed by atoms with Crippen LogP contribution in [0.15, 0.2) is 91.0 Å². The summed E-state index contributed by atoms with van der Waals surface area (Å²) < 4.78 is 0. The molecule has 0 saturated carbocycles. The summed E-state index contributed by atoms with van der Waals surface area (Å²) in [6, 6.07) is 25.4. The van der Waals surface area contributed by atoms with Crippen molar-refractivity contribution in [1.29, 1.82) is 0 Å². The summed E-state index contributed by atoms with van der Waals surface area (Å²) in [6.45, 7) is 4.79. The number of amides is 2. The van der Waals surface area contributed by atoms with Crippen molar-refractivity contribution in [3.05, 3.63) is 118 Å². The number of carbonyl (C=O) groups is 4. The van der Waals surface area contributed by atoms with Crippen molar-refractivity contribution in [2.45, 2.75) is 37.6 Å². The molecule has 244 valence electrons. The second kappa shape index (κ2) is 17.5. The second-order valence-electron chi connectivity index (χ2n) is 11.2. The standard InChI is InChI=1S/C31H35Cl2N3O2.C4H4O4/c1-23(37)34-31(27-11-7-4-8-12-27)16-19-36(20-17-31)18-15-26(25-13-14-28(32)29(33)21-25)22-35(2)30(38)24-9-5-3-6-10-24;5-3(6)1-2-4(7)8/h3-14,21,26H,15-20,22H2,1-2H3,(H,34,37);1-2H,(H,5,6)(H,7,8)/b;2-1+/t26-;/m1./s1. The van der Waals surface area contributed by atoms with E-state index in [1.54, 1.807) is 11.8 Å². The van der Waals surface area contributed by atoms with Crippen LogP contribution in [0.5, 0.6) is 0 Å². The van der Waals surface area contributed by atoms with Crippen LogP contribution in [-0.4, -0.2) is 77.0 Å². The molecule has 3 aromatic rings. The molecule has 0 spiro atoms. The van der Waals surface area contributed by atoms with Gasteiger partial charge in [0.05, 0.1) is 15.6 Å². The van der Waals surface area contributed by atoms with Crippen molar-refractivity contribution >= 4 is 47.0 Å². The molecule has 46 heavy (non-hydrogen) atoms. The summed E-state index contributed by atoms with van der Waals surface area (Å²) in [5, 5.41) is 19.9. The van der Waals surface area contributed by atoms with Gasteiger partial charge in [0.25, 0.3) is 5.91 Å². The first kappa shape index (κ1) is 36.3.